The number of nitriles is 1. The van der Waals surface area contributed by atoms with Gasteiger partial charge < -0.3 is 9.67 Å². The normalized spacial score (nSPS) is 11.9. The first-order chi connectivity index (χ1) is 16.3. The molecule has 0 aliphatic rings. The van der Waals surface area contributed by atoms with Crippen molar-refractivity contribution in [3.63, 3.8) is 0 Å². The van der Waals surface area contributed by atoms with E-state index < -0.39 is 5.97 Å². The van der Waals surface area contributed by atoms with E-state index in [2.05, 4.69) is 16.7 Å². The summed E-state index contributed by atoms with van der Waals surface area (Å²) in [4.78, 5) is 24.4. The highest BCUT2D eigenvalue weighted by Gasteiger charge is 2.23. The second-order valence-corrected chi connectivity index (χ2v) is 9.54. The summed E-state index contributed by atoms with van der Waals surface area (Å²) in [6, 6.07) is 15.6. The minimum absolute atomic E-state index is 0.0398. The average molecular weight is 479 g/mol. The average Bonchev–Trinajstić information content (AvgIpc) is 3.06. The number of Topliss-reactive ketones (excluding diaryl/α,β-unsaturated/α-hetero) is 1. The summed E-state index contributed by atoms with van der Waals surface area (Å²) < 4.78 is 2.05. The lowest BCUT2D eigenvalue weighted by molar-refractivity contribution is -0.137. The van der Waals surface area contributed by atoms with E-state index in [0.29, 0.717) is 11.1 Å². The molecule has 2 aromatic carbocycles. The van der Waals surface area contributed by atoms with Gasteiger partial charge in [0.15, 0.2) is 5.78 Å². The number of halogens is 1. The number of benzene rings is 2. The zero-order valence-corrected chi connectivity index (χ0v) is 20.6. The Hall–Kier alpha value is -3.10. The van der Waals surface area contributed by atoms with Crippen molar-refractivity contribution in [1.82, 2.24) is 4.57 Å². The molecule has 0 aliphatic heterocycles. The topological polar surface area (TPSA) is 83.1 Å². The van der Waals surface area contributed by atoms with Crippen LogP contribution in [0.3, 0.4) is 0 Å². The number of nitrogens with zero attached hydrogens (tertiary/aromatic N) is 2. The fourth-order valence-electron chi connectivity index (χ4n) is 4.63. The number of carboxylic acids is 1. The Balaban J connectivity index is 1.71. The molecular formula is C28H31ClN2O3. The number of aromatic nitrogens is 1. The highest BCUT2D eigenvalue weighted by Crippen LogP contribution is 2.30. The van der Waals surface area contributed by atoms with Gasteiger partial charge >= 0.3 is 5.97 Å². The lowest BCUT2D eigenvalue weighted by atomic mass is 9.94. The molecule has 0 amide bonds. The molecule has 5 nitrogen and oxygen atoms in total. The summed E-state index contributed by atoms with van der Waals surface area (Å²) in [5.74, 6) is -1.20. The Bertz CT molecular complexity index is 1220. The lowest BCUT2D eigenvalue weighted by Crippen LogP contribution is -2.12. The van der Waals surface area contributed by atoms with Crippen LogP contribution in [0.5, 0.6) is 0 Å². The fourth-order valence-corrected chi connectivity index (χ4v) is 4.84. The Labute approximate surface area is 206 Å². The zero-order chi connectivity index (χ0) is 24.7. The third-order valence-electron chi connectivity index (χ3n) is 6.30. The molecule has 0 saturated heterocycles. The molecule has 1 aromatic heterocycles. The van der Waals surface area contributed by atoms with E-state index in [4.69, 9.17) is 16.7 Å². The second-order valence-electron chi connectivity index (χ2n) is 9.10. The van der Waals surface area contributed by atoms with E-state index in [9.17, 15) is 14.9 Å². The summed E-state index contributed by atoms with van der Waals surface area (Å²) in [6.45, 7) is 1.79. The third-order valence-corrected chi connectivity index (χ3v) is 6.54. The maximum atomic E-state index is 13.3. The minimum atomic E-state index is -0.900. The molecule has 1 heterocycles. The molecule has 0 spiro atoms. The Morgan fingerprint density at radius 2 is 1.79 bits per heavy atom. The minimum Gasteiger partial charge on any atom is -0.481 e. The van der Waals surface area contributed by atoms with E-state index >= 15 is 0 Å². The molecule has 178 valence electrons. The highest BCUT2D eigenvalue weighted by atomic mass is 35.5. The van der Waals surface area contributed by atoms with Crippen LogP contribution in [0, 0.1) is 17.2 Å². The summed E-state index contributed by atoms with van der Waals surface area (Å²) in [7, 11) is 1.96. The van der Waals surface area contributed by atoms with E-state index in [1.807, 2.05) is 31.3 Å². The number of aliphatic carboxylic acids is 1. The number of carbonyl (C=O) groups is 2. The summed E-state index contributed by atoms with van der Waals surface area (Å²) in [5.41, 5.74) is 4.29. The SMILES string of the molecule is C[C@H](CC(=O)O)CC(=O)c1c(CCCCCCc2cccc(Cl)c2)n(C)c2ccc(C#N)cc12. The molecule has 3 rings (SSSR count). The number of hydrogen-bond acceptors (Lipinski definition) is 3. The number of carboxylic acid groups (broad SMARTS) is 1. The molecule has 0 saturated carbocycles. The van der Waals surface area contributed by atoms with Crippen LogP contribution in [-0.2, 0) is 24.7 Å². The number of carbonyl (C=O) groups excluding carboxylic acids is 1. The first kappa shape index (κ1) is 25.5. The molecule has 0 fully saturated rings. The first-order valence-electron chi connectivity index (χ1n) is 11.8. The molecule has 1 N–H and O–H groups in total. The number of hydrogen-bond donors (Lipinski definition) is 1. The van der Waals surface area contributed by atoms with Gasteiger partial charge in [-0.3, -0.25) is 9.59 Å². The third kappa shape index (κ3) is 6.48. The van der Waals surface area contributed by atoms with Crippen molar-refractivity contribution in [3.05, 3.63) is 69.9 Å². The van der Waals surface area contributed by atoms with Gasteiger partial charge in [-0.15, -0.1) is 0 Å². The molecule has 0 radical (unpaired) electrons. The lowest BCUT2D eigenvalue weighted by Gasteiger charge is -2.11. The monoisotopic (exact) mass is 478 g/mol. The van der Waals surface area contributed by atoms with E-state index in [1.54, 1.807) is 19.1 Å². The van der Waals surface area contributed by atoms with Crippen LogP contribution in [0.25, 0.3) is 10.9 Å². The standard InChI is InChI=1S/C28H31ClN2O3/c1-19(15-27(33)34)14-26(32)28-23-17-21(18-30)12-13-24(23)31(2)25(28)11-6-4-3-5-8-20-9-7-10-22(29)16-20/h7,9-10,12-13,16-17,19H,3-6,8,11,14-15H2,1-2H3,(H,33,34)/t19-/m0/s1. The Morgan fingerprint density at radius 3 is 2.47 bits per heavy atom. The van der Waals surface area contributed by atoms with E-state index in [0.717, 1.165) is 60.1 Å². The number of fused-ring (bicyclic) bond motifs is 1. The van der Waals surface area contributed by atoms with Crippen molar-refractivity contribution in [1.29, 1.82) is 5.26 Å². The van der Waals surface area contributed by atoms with Gasteiger partial charge in [0, 0.05) is 47.1 Å². The van der Waals surface area contributed by atoms with Crippen LogP contribution in [0.15, 0.2) is 42.5 Å². The molecule has 0 bridgehead atoms. The highest BCUT2D eigenvalue weighted by molar-refractivity contribution is 6.30. The van der Waals surface area contributed by atoms with Crippen LogP contribution in [0.4, 0.5) is 0 Å². The second kappa shape index (κ2) is 11.9. The van der Waals surface area contributed by atoms with Crippen LogP contribution >= 0.6 is 11.6 Å². The van der Waals surface area contributed by atoms with E-state index in [-0.39, 0.29) is 24.5 Å². The van der Waals surface area contributed by atoms with Crippen molar-refractivity contribution >= 4 is 34.3 Å². The largest absolute Gasteiger partial charge is 0.481 e. The van der Waals surface area contributed by atoms with Gasteiger partial charge in [0.2, 0.25) is 0 Å². The smallest absolute Gasteiger partial charge is 0.303 e. The molecule has 0 aliphatic carbocycles. The van der Waals surface area contributed by atoms with Crippen molar-refractivity contribution in [2.75, 3.05) is 0 Å². The van der Waals surface area contributed by atoms with Crippen molar-refractivity contribution in [2.24, 2.45) is 13.0 Å². The van der Waals surface area contributed by atoms with E-state index in [1.165, 1.54) is 5.56 Å². The van der Waals surface area contributed by atoms with Gasteiger partial charge in [-0.25, -0.2) is 0 Å². The Kier molecular flexibility index (Phi) is 8.90. The summed E-state index contributed by atoms with van der Waals surface area (Å²) in [6.07, 6.45) is 6.07. The van der Waals surface area contributed by atoms with Crippen molar-refractivity contribution in [3.8, 4) is 6.07 Å². The van der Waals surface area contributed by atoms with Gasteiger partial charge in [0.25, 0.3) is 0 Å². The van der Waals surface area contributed by atoms with Gasteiger partial charge in [0.1, 0.15) is 0 Å². The van der Waals surface area contributed by atoms with Crippen LogP contribution < -0.4 is 0 Å². The first-order valence-corrected chi connectivity index (χ1v) is 12.2. The molecule has 3 aromatic rings. The van der Waals surface area contributed by atoms with Crippen molar-refractivity contribution < 1.29 is 14.7 Å². The fraction of sp³-hybridized carbons (Fsp3) is 0.393. The van der Waals surface area contributed by atoms with Gasteiger partial charge in [0.05, 0.1) is 11.6 Å². The molecule has 0 unspecified atom stereocenters. The van der Waals surface area contributed by atoms with Crippen LogP contribution in [0.2, 0.25) is 5.02 Å². The quantitative estimate of drug-likeness (QED) is 0.231. The maximum absolute atomic E-state index is 13.3. The van der Waals surface area contributed by atoms with Gasteiger partial charge in [-0.2, -0.15) is 5.26 Å². The van der Waals surface area contributed by atoms with Crippen LogP contribution in [-0.4, -0.2) is 21.4 Å². The van der Waals surface area contributed by atoms with Gasteiger partial charge in [-0.05, 0) is 67.5 Å². The number of ketones is 1. The van der Waals surface area contributed by atoms with Crippen molar-refractivity contribution in [2.45, 2.75) is 58.3 Å². The maximum Gasteiger partial charge on any atom is 0.303 e. The molecule has 34 heavy (non-hydrogen) atoms. The van der Waals surface area contributed by atoms with Crippen LogP contribution in [0.1, 0.15) is 72.6 Å². The zero-order valence-electron chi connectivity index (χ0n) is 19.8. The molecule has 1 atom stereocenters. The Morgan fingerprint density at radius 1 is 1.06 bits per heavy atom. The van der Waals surface area contributed by atoms with Gasteiger partial charge in [-0.1, -0.05) is 43.5 Å². The number of rotatable bonds is 12. The number of aryl methyl sites for hydroxylation is 2. The summed E-state index contributed by atoms with van der Waals surface area (Å²) >= 11 is 6.06. The predicted octanol–water partition coefficient (Wildman–Crippen LogP) is 6.73. The predicted molar refractivity (Wildman–Crippen MR) is 135 cm³/mol. The number of unbranched alkanes of at least 4 members (excludes halogenated alkanes) is 3. The molecule has 6 heteroatoms. The molecular weight excluding hydrogens is 448 g/mol. The summed E-state index contributed by atoms with van der Waals surface area (Å²) in [5, 5.41) is 20.0.